The van der Waals surface area contributed by atoms with Gasteiger partial charge in [-0.05, 0) is 61.7 Å². The standard InChI is InChI=1S/C17H30N2O.ClH/c1-11(2)17(6-7-17)10-19-16(20)14-8-12-4-3-5-13(9-14)15(12)18;/h11-15H,3-10,18H2,1-2H3,(H,19,20);1H. The first-order valence-electron chi connectivity index (χ1n) is 8.55. The zero-order valence-electron chi connectivity index (χ0n) is 13.4. The van der Waals surface area contributed by atoms with Crippen LogP contribution in [0.5, 0.6) is 0 Å². The van der Waals surface area contributed by atoms with Gasteiger partial charge in [0.05, 0.1) is 0 Å². The Morgan fingerprint density at radius 3 is 2.29 bits per heavy atom. The summed E-state index contributed by atoms with van der Waals surface area (Å²) >= 11 is 0. The molecule has 3 N–H and O–H groups in total. The topological polar surface area (TPSA) is 55.1 Å². The van der Waals surface area contributed by atoms with Crippen molar-refractivity contribution in [2.24, 2.45) is 34.8 Å². The first-order valence-corrected chi connectivity index (χ1v) is 8.55. The molecule has 2 unspecified atom stereocenters. The highest BCUT2D eigenvalue weighted by molar-refractivity contribution is 5.85. The zero-order chi connectivity index (χ0) is 14.3. The molecule has 0 aromatic heterocycles. The monoisotopic (exact) mass is 314 g/mol. The maximum absolute atomic E-state index is 12.5. The summed E-state index contributed by atoms with van der Waals surface area (Å²) in [7, 11) is 0. The van der Waals surface area contributed by atoms with Crippen LogP contribution in [0.3, 0.4) is 0 Å². The molecule has 0 saturated heterocycles. The van der Waals surface area contributed by atoms with Crippen LogP contribution in [-0.4, -0.2) is 18.5 Å². The predicted octanol–water partition coefficient (Wildman–Crippen LogP) is 3.11. The maximum Gasteiger partial charge on any atom is 0.223 e. The van der Waals surface area contributed by atoms with Gasteiger partial charge in [-0.3, -0.25) is 4.79 Å². The van der Waals surface area contributed by atoms with E-state index in [0.717, 1.165) is 19.4 Å². The van der Waals surface area contributed by atoms with E-state index in [1.165, 1.54) is 32.1 Å². The number of amides is 1. The molecule has 1 amide bonds. The van der Waals surface area contributed by atoms with Crippen LogP contribution in [-0.2, 0) is 4.79 Å². The number of hydrogen-bond donors (Lipinski definition) is 2. The predicted molar refractivity (Wildman–Crippen MR) is 88.3 cm³/mol. The largest absolute Gasteiger partial charge is 0.355 e. The summed E-state index contributed by atoms with van der Waals surface area (Å²) in [6.07, 6.45) is 8.40. The summed E-state index contributed by atoms with van der Waals surface area (Å²) in [5, 5.41) is 3.26. The van der Waals surface area contributed by atoms with E-state index in [2.05, 4.69) is 19.2 Å². The molecular formula is C17H31ClN2O. The Bertz CT molecular complexity index is 367. The summed E-state index contributed by atoms with van der Waals surface area (Å²) in [5.74, 6) is 2.41. The average molecular weight is 315 g/mol. The lowest BCUT2D eigenvalue weighted by molar-refractivity contribution is -0.128. The van der Waals surface area contributed by atoms with Crippen molar-refractivity contribution in [2.75, 3.05) is 6.54 Å². The molecule has 3 aliphatic carbocycles. The highest BCUT2D eigenvalue weighted by Crippen LogP contribution is 2.51. The van der Waals surface area contributed by atoms with Crippen LogP contribution >= 0.6 is 12.4 Å². The Balaban J connectivity index is 0.00000161. The van der Waals surface area contributed by atoms with E-state index in [0.29, 0.717) is 35.1 Å². The first kappa shape index (κ1) is 17.1. The smallest absolute Gasteiger partial charge is 0.223 e. The van der Waals surface area contributed by atoms with E-state index in [9.17, 15) is 4.79 Å². The van der Waals surface area contributed by atoms with Gasteiger partial charge in [0.15, 0.2) is 0 Å². The van der Waals surface area contributed by atoms with Crippen LogP contribution in [0.1, 0.15) is 58.8 Å². The molecular weight excluding hydrogens is 284 g/mol. The van der Waals surface area contributed by atoms with Gasteiger partial charge in [0.1, 0.15) is 0 Å². The fourth-order valence-electron chi connectivity index (χ4n) is 4.53. The van der Waals surface area contributed by atoms with Gasteiger partial charge < -0.3 is 11.1 Å². The molecule has 0 aliphatic heterocycles. The van der Waals surface area contributed by atoms with E-state index in [-0.39, 0.29) is 18.3 Å². The fraction of sp³-hybridized carbons (Fsp3) is 0.941. The van der Waals surface area contributed by atoms with E-state index in [1.54, 1.807) is 0 Å². The Morgan fingerprint density at radius 2 is 1.81 bits per heavy atom. The van der Waals surface area contributed by atoms with Crippen molar-refractivity contribution in [3.8, 4) is 0 Å². The maximum atomic E-state index is 12.5. The molecule has 3 fully saturated rings. The van der Waals surface area contributed by atoms with Crippen LogP contribution < -0.4 is 11.1 Å². The number of nitrogens with one attached hydrogen (secondary N) is 1. The minimum atomic E-state index is 0. The van der Waals surface area contributed by atoms with Gasteiger partial charge in [-0.1, -0.05) is 20.3 Å². The zero-order valence-corrected chi connectivity index (χ0v) is 14.3. The Morgan fingerprint density at radius 1 is 1.24 bits per heavy atom. The van der Waals surface area contributed by atoms with Gasteiger partial charge in [-0.25, -0.2) is 0 Å². The van der Waals surface area contributed by atoms with Crippen LogP contribution in [0.2, 0.25) is 0 Å². The molecule has 0 radical (unpaired) electrons. The molecule has 0 spiro atoms. The summed E-state index contributed by atoms with van der Waals surface area (Å²) in [6, 6.07) is 0.359. The molecule has 122 valence electrons. The summed E-state index contributed by atoms with van der Waals surface area (Å²) in [4.78, 5) is 12.5. The molecule has 0 aromatic carbocycles. The Labute approximate surface area is 135 Å². The van der Waals surface area contributed by atoms with Crippen molar-refractivity contribution in [1.29, 1.82) is 0 Å². The third kappa shape index (κ3) is 3.39. The number of carbonyl (C=O) groups is 1. The SMILES string of the molecule is CC(C)C1(CNC(=O)C2CC3CCCC(C2)C3N)CC1.Cl. The third-order valence-corrected chi connectivity index (χ3v) is 6.52. The van der Waals surface area contributed by atoms with Crippen molar-refractivity contribution >= 4 is 18.3 Å². The molecule has 4 heteroatoms. The fourth-order valence-corrected chi connectivity index (χ4v) is 4.53. The molecule has 3 rings (SSSR count). The van der Waals surface area contributed by atoms with Crippen molar-refractivity contribution in [3.05, 3.63) is 0 Å². The van der Waals surface area contributed by atoms with Crippen molar-refractivity contribution in [2.45, 2.75) is 64.8 Å². The van der Waals surface area contributed by atoms with Gasteiger partial charge in [0, 0.05) is 18.5 Å². The second-order valence-electron chi connectivity index (χ2n) is 7.93. The van der Waals surface area contributed by atoms with Crippen molar-refractivity contribution in [3.63, 3.8) is 0 Å². The van der Waals surface area contributed by atoms with Gasteiger partial charge >= 0.3 is 0 Å². The van der Waals surface area contributed by atoms with Crippen molar-refractivity contribution < 1.29 is 4.79 Å². The van der Waals surface area contributed by atoms with Crippen LogP contribution in [0.25, 0.3) is 0 Å². The normalized spacial score (nSPS) is 36.8. The average Bonchev–Trinajstić information content (AvgIpc) is 3.16. The number of fused-ring (bicyclic) bond motifs is 2. The molecule has 2 bridgehead atoms. The first-order chi connectivity index (χ1) is 9.52. The lowest BCUT2D eigenvalue weighted by atomic mass is 9.65. The highest BCUT2D eigenvalue weighted by Gasteiger charge is 2.46. The lowest BCUT2D eigenvalue weighted by Gasteiger charge is -2.43. The molecule has 21 heavy (non-hydrogen) atoms. The quantitative estimate of drug-likeness (QED) is 0.837. The number of carbonyl (C=O) groups excluding carboxylic acids is 1. The van der Waals surface area contributed by atoms with Gasteiger partial charge in [0.2, 0.25) is 5.91 Å². The minimum Gasteiger partial charge on any atom is -0.355 e. The van der Waals surface area contributed by atoms with E-state index in [1.807, 2.05) is 0 Å². The molecule has 0 aromatic rings. The van der Waals surface area contributed by atoms with Gasteiger partial charge in [-0.2, -0.15) is 0 Å². The van der Waals surface area contributed by atoms with E-state index < -0.39 is 0 Å². The van der Waals surface area contributed by atoms with Crippen LogP contribution in [0.4, 0.5) is 0 Å². The minimum absolute atomic E-state index is 0. The molecule has 3 aliphatic rings. The second kappa shape index (κ2) is 6.45. The van der Waals surface area contributed by atoms with Crippen molar-refractivity contribution in [1.82, 2.24) is 5.32 Å². The molecule has 3 saturated carbocycles. The van der Waals surface area contributed by atoms with Gasteiger partial charge in [0.25, 0.3) is 0 Å². The highest BCUT2D eigenvalue weighted by atomic mass is 35.5. The number of rotatable bonds is 4. The molecule has 3 nitrogen and oxygen atoms in total. The Kier molecular flexibility index (Phi) is 5.25. The number of halogens is 1. The third-order valence-electron chi connectivity index (χ3n) is 6.52. The second-order valence-corrected chi connectivity index (χ2v) is 7.93. The Hall–Kier alpha value is -0.280. The van der Waals surface area contributed by atoms with E-state index >= 15 is 0 Å². The summed E-state index contributed by atoms with van der Waals surface area (Å²) in [5.41, 5.74) is 6.72. The molecule has 2 atom stereocenters. The van der Waals surface area contributed by atoms with Gasteiger partial charge in [-0.15, -0.1) is 12.4 Å². The van der Waals surface area contributed by atoms with Crippen LogP contribution in [0, 0.1) is 29.1 Å². The van der Waals surface area contributed by atoms with E-state index in [4.69, 9.17) is 5.73 Å². The number of nitrogens with two attached hydrogens (primary N) is 1. The number of hydrogen-bond acceptors (Lipinski definition) is 2. The summed E-state index contributed by atoms with van der Waals surface area (Å²) < 4.78 is 0. The van der Waals surface area contributed by atoms with Crippen LogP contribution in [0.15, 0.2) is 0 Å². The lowest BCUT2D eigenvalue weighted by Crippen LogP contribution is -2.49. The summed E-state index contributed by atoms with van der Waals surface area (Å²) in [6.45, 7) is 5.45. The molecule has 0 heterocycles.